The zero-order chi connectivity index (χ0) is 16.8. The van der Waals surface area contributed by atoms with Crippen molar-refractivity contribution in [2.45, 2.75) is 0 Å². The number of para-hydroxylation sites is 1. The Morgan fingerprint density at radius 2 is 1.29 bits per heavy atom. The first-order valence-corrected chi connectivity index (χ1v) is 10.9. The predicted octanol–water partition coefficient (Wildman–Crippen LogP) is 3.46. The lowest BCUT2D eigenvalue weighted by atomic mass is 10.3. The van der Waals surface area contributed by atoms with Crippen molar-refractivity contribution < 1.29 is 4.74 Å². The maximum absolute atomic E-state index is 7.43. The Morgan fingerprint density at radius 3 is 1.83 bits per heavy atom. The highest BCUT2D eigenvalue weighted by molar-refractivity contribution is 7.40. The SMILES string of the molecule is C=CCOc1ccccc1[Si](Cl)(c1ccccc1)c1ccccc1. The molecule has 0 N–H and O–H groups in total. The largest absolute Gasteiger partial charge is 0.490 e. The van der Waals surface area contributed by atoms with Gasteiger partial charge in [-0.2, -0.15) is 0 Å². The molecule has 0 unspecified atom stereocenters. The second-order valence-corrected chi connectivity index (χ2v) is 10.2. The van der Waals surface area contributed by atoms with Crippen molar-refractivity contribution in [2.75, 3.05) is 6.61 Å². The van der Waals surface area contributed by atoms with Crippen molar-refractivity contribution in [2.24, 2.45) is 0 Å². The van der Waals surface area contributed by atoms with Crippen LogP contribution in [0.2, 0.25) is 0 Å². The predicted molar refractivity (Wildman–Crippen MR) is 106 cm³/mol. The highest BCUT2D eigenvalue weighted by atomic mass is 35.6. The molecule has 0 aromatic heterocycles. The summed E-state index contributed by atoms with van der Waals surface area (Å²) in [5.41, 5.74) is 0. The third-order valence-corrected chi connectivity index (χ3v) is 9.29. The standard InChI is InChI=1S/C21H19ClOSi/c1-2-17-23-20-15-9-10-16-21(20)24(22,18-11-5-3-6-12-18)19-13-7-4-8-14-19/h2-16H,1,17H2. The van der Waals surface area contributed by atoms with Gasteiger partial charge in [0.05, 0.1) is 0 Å². The van der Waals surface area contributed by atoms with E-state index >= 15 is 0 Å². The Labute approximate surface area is 148 Å². The normalized spacial score (nSPS) is 11.0. The van der Waals surface area contributed by atoms with Crippen LogP contribution in [0.4, 0.5) is 0 Å². The van der Waals surface area contributed by atoms with E-state index in [1.807, 2.05) is 54.6 Å². The van der Waals surface area contributed by atoms with Crippen molar-refractivity contribution in [1.29, 1.82) is 0 Å². The van der Waals surface area contributed by atoms with Crippen molar-refractivity contribution in [3.63, 3.8) is 0 Å². The van der Waals surface area contributed by atoms with E-state index in [4.69, 9.17) is 15.8 Å². The van der Waals surface area contributed by atoms with E-state index in [0.29, 0.717) is 6.61 Å². The van der Waals surface area contributed by atoms with E-state index in [1.54, 1.807) is 6.08 Å². The van der Waals surface area contributed by atoms with Crippen LogP contribution in [0.5, 0.6) is 5.75 Å². The fraction of sp³-hybridized carbons (Fsp3) is 0.0476. The zero-order valence-electron chi connectivity index (χ0n) is 13.4. The lowest BCUT2D eigenvalue weighted by Crippen LogP contribution is -2.63. The van der Waals surface area contributed by atoms with E-state index < -0.39 is 7.38 Å². The summed E-state index contributed by atoms with van der Waals surface area (Å²) >= 11 is 7.43. The molecule has 0 bridgehead atoms. The van der Waals surface area contributed by atoms with Crippen molar-refractivity contribution in [1.82, 2.24) is 0 Å². The van der Waals surface area contributed by atoms with E-state index in [9.17, 15) is 0 Å². The van der Waals surface area contributed by atoms with Crippen LogP contribution in [0, 0.1) is 0 Å². The number of halogens is 1. The van der Waals surface area contributed by atoms with Crippen LogP contribution in [-0.2, 0) is 0 Å². The van der Waals surface area contributed by atoms with Crippen LogP contribution in [0.15, 0.2) is 97.6 Å². The molecule has 0 saturated carbocycles. The summed E-state index contributed by atoms with van der Waals surface area (Å²) < 4.78 is 5.91. The Morgan fingerprint density at radius 1 is 0.792 bits per heavy atom. The van der Waals surface area contributed by atoms with Gasteiger partial charge in [0.2, 0.25) is 0 Å². The topological polar surface area (TPSA) is 9.23 Å². The number of benzene rings is 3. The maximum Gasteiger partial charge on any atom is 0.251 e. The summed E-state index contributed by atoms with van der Waals surface area (Å²) in [7, 11) is -2.66. The molecular formula is C21H19ClOSi. The molecule has 0 spiro atoms. The first-order chi connectivity index (χ1) is 11.8. The minimum absolute atomic E-state index is 0.460. The quantitative estimate of drug-likeness (QED) is 0.286. The van der Waals surface area contributed by atoms with Crippen LogP contribution >= 0.6 is 11.1 Å². The minimum atomic E-state index is -2.66. The molecule has 3 aromatic carbocycles. The lowest BCUT2D eigenvalue weighted by molar-refractivity contribution is 0.366. The molecule has 0 aliphatic rings. The van der Waals surface area contributed by atoms with E-state index in [-0.39, 0.29) is 0 Å². The second-order valence-electron chi connectivity index (χ2n) is 5.49. The summed E-state index contributed by atoms with van der Waals surface area (Å²) in [6.07, 6.45) is 1.75. The van der Waals surface area contributed by atoms with Gasteiger partial charge in [-0.15, -0.1) is 11.1 Å². The molecule has 0 fully saturated rings. The lowest BCUT2D eigenvalue weighted by Gasteiger charge is -2.28. The molecule has 0 heterocycles. The molecule has 0 aliphatic heterocycles. The molecule has 3 aromatic rings. The Balaban J connectivity index is 2.22. The van der Waals surface area contributed by atoms with Gasteiger partial charge in [-0.3, -0.25) is 0 Å². The fourth-order valence-electron chi connectivity index (χ4n) is 2.84. The highest BCUT2D eigenvalue weighted by Gasteiger charge is 2.40. The van der Waals surface area contributed by atoms with Gasteiger partial charge in [-0.05, 0) is 16.4 Å². The van der Waals surface area contributed by atoms with Crippen LogP contribution < -0.4 is 20.3 Å². The van der Waals surface area contributed by atoms with Gasteiger partial charge in [-0.25, -0.2) is 0 Å². The number of hydrogen-bond acceptors (Lipinski definition) is 1. The van der Waals surface area contributed by atoms with Gasteiger partial charge >= 0.3 is 0 Å². The summed E-state index contributed by atoms with van der Waals surface area (Å²) in [6, 6.07) is 28.7. The molecule has 0 amide bonds. The summed E-state index contributed by atoms with van der Waals surface area (Å²) in [4.78, 5) is 0. The smallest absolute Gasteiger partial charge is 0.251 e. The average Bonchev–Trinajstić information content (AvgIpc) is 2.67. The monoisotopic (exact) mass is 350 g/mol. The fourth-order valence-corrected chi connectivity index (χ4v) is 7.14. The van der Waals surface area contributed by atoms with Gasteiger partial charge in [-0.1, -0.05) is 91.5 Å². The molecule has 120 valence electrons. The molecule has 0 saturated heterocycles. The maximum atomic E-state index is 7.43. The molecule has 1 nitrogen and oxygen atoms in total. The van der Waals surface area contributed by atoms with Gasteiger partial charge in [0, 0.05) is 5.19 Å². The molecule has 0 radical (unpaired) electrons. The van der Waals surface area contributed by atoms with Crippen LogP contribution in [-0.4, -0.2) is 14.0 Å². The number of hydrogen-bond donors (Lipinski definition) is 0. The van der Waals surface area contributed by atoms with Gasteiger partial charge in [0.25, 0.3) is 7.38 Å². The summed E-state index contributed by atoms with van der Waals surface area (Å²) in [5, 5.41) is 3.35. The molecule has 3 rings (SSSR count). The minimum Gasteiger partial charge on any atom is -0.490 e. The third-order valence-electron chi connectivity index (χ3n) is 3.96. The van der Waals surface area contributed by atoms with Crippen molar-refractivity contribution in [3.8, 4) is 5.75 Å². The molecule has 24 heavy (non-hydrogen) atoms. The number of ether oxygens (including phenoxy) is 1. The van der Waals surface area contributed by atoms with Crippen molar-refractivity contribution >= 4 is 34.0 Å². The Hall–Kier alpha value is -2.29. The van der Waals surface area contributed by atoms with E-state index in [2.05, 4.69) is 36.9 Å². The van der Waals surface area contributed by atoms with Crippen LogP contribution in [0.1, 0.15) is 0 Å². The van der Waals surface area contributed by atoms with Crippen molar-refractivity contribution in [3.05, 3.63) is 97.6 Å². The molecule has 0 aliphatic carbocycles. The van der Waals surface area contributed by atoms with Gasteiger partial charge in [0.1, 0.15) is 12.4 Å². The van der Waals surface area contributed by atoms with Crippen LogP contribution in [0.25, 0.3) is 0 Å². The third kappa shape index (κ3) is 3.16. The Kier molecular flexibility index (Phi) is 5.19. The Bertz CT molecular complexity index is 763. The first kappa shape index (κ1) is 16.6. The van der Waals surface area contributed by atoms with Crippen LogP contribution in [0.3, 0.4) is 0 Å². The second kappa shape index (κ2) is 7.52. The highest BCUT2D eigenvalue weighted by Crippen LogP contribution is 2.18. The zero-order valence-corrected chi connectivity index (χ0v) is 15.1. The molecule has 0 atom stereocenters. The molecular weight excluding hydrogens is 332 g/mol. The van der Waals surface area contributed by atoms with E-state index in [1.165, 1.54) is 0 Å². The number of rotatable bonds is 6. The van der Waals surface area contributed by atoms with Gasteiger partial charge in [0.15, 0.2) is 0 Å². The first-order valence-electron chi connectivity index (χ1n) is 7.90. The van der Waals surface area contributed by atoms with Gasteiger partial charge < -0.3 is 4.74 Å². The summed E-state index contributed by atoms with van der Waals surface area (Å²) in [5.74, 6) is 0.826. The summed E-state index contributed by atoms with van der Waals surface area (Å²) in [6.45, 7) is 4.20. The molecule has 3 heteroatoms. The van der Waals surface area contributed by atoms with E-state index in [0.717, 1.165) is 21.3 Å². The average molecular weight is 351 g/mol.